The highest BCUT2D eigenvalue weighted by Gasteiger charge is 2.35. The van der Waals surface area contributed by atoms with E-state index < -0.39 is 8.25 Å². The number of carbonyl (C=O) groups is 1. The van der Waals surface area contributed by atoms with Gasteiger partial charge in [0, 0.05) is 0 Å². The zero-order valence-corrected chi connectivity index (χ0v) is 14.3. The Morgan fingerprint density at radius 1 is 1.25 bits per heavy atom. The van der Waals surface area contributed by atoms with E-state index in [1.54, 1.807) is 0 Å². The molecule has 0 spiro atoms. The lowest BCUT2D eigenvalue weighted by Gasteiger charge is -2.25. The van der Waals surface area contributed by atoms with E-state index in [-0.39, 0.29) is 11.3 Å². The Bertz CT molecular complexity index is 348. The second-order valence-corrected chi connectivity index (χ2v) is 10.5. The van der Waals surface area contributed by atoms with Crippen molar-refractivity contribution in [1.29, 1.82) is 0 Å². The molecule has 0 saturated heterocycles. The Hall–Kier alpha value is 0.610. The number of carbonyl (C=O) groups excluding carboxylic acids is 1. The second-order valence-electron chi connectivity index (χ2n) is 2.96. The molecule has 88 valence electrons. The third kappa shape index (κ3) is 4.47. The molecule has 0 aliphatic heterocycles. The van der Waals surface area contributed by atoms with E-state index >= 15 is 0 Å². The molecule has 0 heterocycles. The van der Waals surface area contributed by atoms with Crippen LogP contribution in [0.4, 0.5) is 0 Å². The summed E-state index contributed by atoms with van der Waals surface area (Å²) in [5.41, 5.74) is 0.891. The molecule has 0 radical (unpaired) electrons. The summed E-state index contributed by atoms with van der Waals surface area (Å²) in [5.74, 6) is -0.323. The number of benzene rings is 1. The van der Waals surface area contributed by atoms with E-state index in [1.807, 2.05) is 30.3 Å². The Morgan fingerprint density at radius 2 is 1.81 bits per heavy atom. The maximum Gasteiger partial charge on any atom is 0.317 e. The lowest BCUT2D eigenvalue weighted by Crippen LogP contribution is -2.22. The van der Waals surface area contributed by atoms with Crippen LogP contribution in [-0.4, -0.2) is 13.4 Å². The molecule has 0 aliphatic carbocycles. The summed E-state index contributed by atoms with van der Waals surface area (Å²) in [6.07, 6.45) is -0.459. The number of hydrogen-bond donors (Lipinski definition) is 0. The van der Waals surface area contributed by atoms with Crippen LogP contribution in [0.25, 0.3) is 0 Å². The van der Waals surface area contributed by atoms with Gasteiger partial charge in [-0.15, -0.1) is 0 Å². The van der Waals surface area contributed by atoms with Gasteiger partial charge in [0.2, 0.25) is 0 Å². The molecular weight excluding hydrogens is 472 g/mol. The Labute approximate surface area is 128 Å². The topological polar surface area (TPSA) is 26.3 Å². The highest BCUT2D eigenvalue weighted by atomic mass is 80.0. The largest absolute Gasteiger partial charge is 0.453 e. The maximum absolute atomic E-state index is 11.3. The summed E-state index contributed by atoms with van der Waals surface area (Å²) in [6, 6.07) is 9.48. The number of rotatable bonds is 3. The van der Waals surface area contributed by atoms with Crippen LogP contribution in [0.1, 0.15) is 11.7 Å². The zero-order chi connectivity index (χ0) is 12.2. The third-order valence-corrected chi connectivity index (χ3v) is 3.46. The van der Waals surface area contributed by atoms with Crippen molar-refractivity contribution in [2.45, 2.75) is 8.25 Å². The van der Waals surface area contributed by atoms with Crippen LogP contribution in [0.2, 0.25) is 0 Å². The standard InChI is InChI=1S/C10H8Br4O2/c11-6-8(15)16-9(10(12,13)14)7-4-2-1-3-5-7/h1-5,9H,6H2. The van der Waals surface area contributed by atoms with Gasteiger partial charge in [-0.3, -0.25) is 4.79 Å². The normalized spacial score (nSPS) is 13.2. The molecule has 1 unspecified atom stereocenters. The molecule has 0 fully saturated rings. The molecule has 1 aromatic carbocycles. The number of esters is 1. The van der Waals surface area contributed by atoms with Gasteiger partial charge in [0.25, 0.3) is 0 Å². The maximum atomic E-state index is 11.3. The Balaban J connectivity index is 2.93. The molecule has 0 saturated carbocycles. The van der Waals surface area contributed by atoms with Gasteiger partial charge in [0.05, 0.1) is 0 Å². The first kappa shape index (κ1) is 14.7. The van der Waals surface area contributed by atoms with E-state index in [2.05, 4.69) is 63.7 Å². The molecule has 0 amide bonds. The van der Waals surface area contributed by atoms with Crippen LogP contribution in [0.5, 0.6) is 0 Å². The third-order valence-electron chi connectivity index (χ3n) is 1.76. The molecule has 0 aromatic heterocycles. The molecule has 0 bridgehead atoms. The summed E-state index contributed by atoms with van der Waals surface area (Å²) in [7, 11) is 0. The highest BCUT2D eigenvalue weighted by molar-refractivity contribution is 9.39. The van der Waals surface area contributed by atoms with Gasteiger partial charge >= 0.3 is 5.97 Å². The average molecular weight is 480 g/mol. The lowest BCUT2D eigenvalue weighted by atomic mass is 10.1. The van der Waals surface area contributed by atoms with E-state index in [0.29, 0.717) is 0 Å². The molecule has 0 N–H and O–H groups in total. The van der Waals surface area contributed by atoms with E-state index in [0.717, 1.165) is 5.56 Å². The van der Waals surface area contributed by atoms with E-state index in [9.17, 15) is 4.79 Å². The lowest BCUT2D eigenvalue weighted by molar-refractivity contribution is -0.145. The van der Waals surface area contributed by atoms with Crippen molar-refractivity contribution in [3.8, 4) is 0 Å². The first-order valence-corrected chi connectivity index (χ1v) is 7.82. The summed E-state index contributed by atoms with van der Waals surface area (Å²) >= 11 is 13.2. The van der Waals surface area contributed by atoms with Gasteiger partial charge < -0.3 is 4.74 Å². The Kier molecular flexibility index (Phi) is 5.98. The van der Waals surface area contributed by atoms with Crippen molar-refractivity contribution < 1.29 is 9.53 Å². The molecule has 2 nitrogen and oxygen atoms in total. The minimum absolute atomic E-state index is 0.166. The summed E-state index contributed by atoms with van der Waals surface area (Å²) < 4.78 is 4.65. The first-order chi connectivity index (χ1) is 7.45. The number of hydrogen-bond acceptors (Lipinski definition) is 2. The molecule has 0 aliphatic rings. The summed E-state index contributed by atoms with van der Waals surface area (Å²) in [4.78, 5) is 11.3. The predicted molar refractivity (Wildman–Crippen MR) is 78.6 cm³/mol. The van der Waals surface area contributed by atoms with E-state index in [4.69, 9.17) is 4.74 Å². The fraction of sp³-hybridized carbons (Fsp3) is 0.300. The molecular formula is C10H8Br4O2. The number of halogens is 4. The van der Waals surface area contributed by atoms with Gasteiger partial charge in [-0.25, -0.2) is 0 Å². The SMILES string of the molecule is O=C(CBr)OC(c1ccccc1)C(Br)(Br)Br. The molecule has 1 rings (SSSR count). The molecule has 1 aromatic rings. The molecule has 6 heteroatoms. The van der Waals surface area contributed by atoms with Crippen molar-refractivity contribution in [2.24, 2.45) is 0 Å². The van der Waals surface area contributed by atoms with Crippen LogP contribution in [-0.2, 0) is 9.53 Å². The monoisotopic (exact) mass is 476 g/mol. The van der Waals surface area contributed by atoms with Crippen molar-refractivity contribution in [2.75, 3.05) is 5.33 Å². The molecule has 16 heavy (non-hydrogen) atoms. The van der Waals surface area contributed by atoms with Crippen molar-refractivity contribution >= 4 is 69.7 Å². The van der Waals surface area contributed by atoms with Gasteiger partial charge in [-0.05, 0) is 5.56 Å². The van der Waals surface area contributed by atoms with Gasteiger partial charge in [0.15, 0.2) is 8.25 Å². The van der Waals surface area contributed by atoms with Crippen molar-refractivity contribution in [1.82, 2.24) is 0 Å². The second kappa shape index (κ2) is 6.52. The minimum Gasteiger partial charge on any atom is -0.453 e. The predicted octanol–water partition coefficient (Wildman–Crippen LogP) is 4.50. The van der Waals surface area contributed by atoms with Gasteiger partial charge in [0.1, 0.15) is 5.33 Å². The van der Waals surface area contributed by atoms with Crippen LogP contribution in [0.15, 0.2) is 30.3 Å². The number of alkyl halides is 4. The number of ether oxygens (including phenoxy) is 1. The summed E-state index contributed by atoms with van der Waals surface area (Å²) in [5, 5.41) is 0.166. The first-order valence-electron chi connectivity index (χ1n) is 4.32. The Morgan fingerprint density at radius 3 is 2.25 bits per heavy atom. The smallest absolute Gasteiger partial charge is 0.317 e. The minimum atomic E-state index is -0.674. The van der Waals surface area contributed by atoms with Crippen molar-refractivity contribution in [3.63, 3.8) is 0 Å². The fourth-order valence-electron chi connectivity index (χ4n) is 1.11. The average Bonchev–Trinajstić information content (AvgIpc) is 2.25. The van der Waals surface area contributed by atoms with Gasteiger partial charge in [-0.1, -0.05) is 94.1 Å². The van der Waals surface area contributed by atoms with Crippen LogP contribution < -0.4 is 0 Å². The van der Waals surface area contributed by atoms with Crippen LogP contribution >= 0.6 is 63.7 Å². The van der Waals surface area contributed by atoms with Crippen LogP contribution in [0, 0.1) is 0 Å². The van der Waals surface area contributed by atoms with Gasteiger partial charge in [-0.2, -0.15) is 0 Å². The fourth-order valence-corrected chi connectivity index (χ4v) is 2.32. The van der Waals surface area contributed by atoms with E-state index in [1.165, 1.54) is 0 Å². The quantitative estimate of drug-likeness (QED) is 0.471. The highest BCUT2D eigenvalue weighted by Crippen LogP contribution is 2.47. The van der Waals surface area contributed by atoms with Crippen LogP contribution in [0.3, 0.4) is 0 Å². The van der Waals surface area contributed by atoms with Crippen molar-refractivity contribution in [3.05, 3.63) is 35.9 Å². The zero-order valence-electron chi connectivity index (χ0n) is 8.00. The molecule has 1 atom stereocenters. The summed E-state index contributed by atoms with van der Waals surface area (Å²) in [6.45, 7) is 0.